The molecular formula is C35H46O14. The Hall–Kier alpha value is -3.49. The summed E-state index contributed by atoms with van der Waals surface area (Å²) in [4.78, 5) is 89.7. The second kappa shape index (κ2) is 13.0. The summed E-state index contributed by atoms with van der Waals surface area (Å²) < 4.78 is 32.9. The van der Waals surface area contributed by atoms with E-state index in [4.69, 9.17) is 28.4 Å². The van der Waals surface area contributed by atoms with Crippen molar-refractivity contribution < 1.29 is 67.1 Å². The van der Waals surface area contributed by atoms with Crippen LogP contribution in [-0.2, 0) is 62.0 Å². The molecule has 0 aromatic rings. The van der Waals surface area contributed by atoms with Gasteiger partial charge in [0.2, 0.25) is 5.79 Å². The maximum absolute atomic E-state index is 14.1. The van der Waals surface area contributed by atoms with Crippen molar-refractivity contribution in [2.45, 2.75) is 122 Å². The fraction of sp³-hybridized carbons (Fsp3) is 0.743. The van der Waals surface area contributed by atoms with Crippen molar-refractivity contribution in [2.75, 3.05) is 13.7 Å². The number of methoxy groups -OCH3 is 1. The number of hydrogen-bond acceptors (Lipinski definition) is 14. The highest BCUT2D eigenvalue weighted by Gasteiger charge is 2.69. The number of ketones is 3. The van der Waals surface area contributed by atoms with Crippen LogP contribution in [-0.4, -0.2) is 95.9 Å². The van der Waals surface area contributed by atoms with Crippen LogP contribution in [0.5, 0.6) is 0 Å². The van der Waals surface area contributed by atoms with Gasteiger partial charge in [-0.15, -0.1) is 0 Å². The largest absolute Gasteiger partial charge is 0.467 e. The van der Waals surface area contributed by atoms with Crippen molar-refractivity contribution >= 4 is 41.2 Å². The molecule has 4 aliphatic carbocycles. The highest BCUT2D eigenvalue weighted by molar-refractivity contribution is 5.94. The highest BCUT2D eigenvalue weighted by Crippen LogP contribution is 2.66. The molecule has 11 unspecified atom stereocenters. The molecule has 0 aromatic carbocycles. The smallest absolute Gasteiger partial charge is 0.339 e. The third-order valence-electron chi connectivity index (χ3n) is 11.9. The fourth-order valence-electron chi connectivity index (χ4n) is 9.61. The third-order valence-corrected chi connectivity index (χ3v) is 11.9. The molecule has 0 amide bonds. The number of fused-ring (bicyclic) bond motifs is 5. The lowest BCUT2D eigenvalue weighted by molar-refractivity contribution is -0.350. The van der Waals surface area contributed by atoms with Crippen LogP contribution in [0.15, 0.2) is 11.6 Å². The first kappa shape index (κ1) is 36.8. The number of carbonyl (C=O) groups excluding carboxylic acids is 7. The van der Waals surface area contributed by atoms with Crippen molar-refractivity contribution in [3.8, 4) is 0 Å². The molecule has 270 valence electrons. The Kier molecular flexibility index (Phi) is 9.76. The van der Waals surface area contributed by atoms with E-state index in [0.717, 1.165) is 33.5 Å². The third kappa shape index (κ3) is 6.13. The van der Waals surface area contributed by atoms with Gasteiger partial charge in [-0.25, -0.2) is 4.79 Å². The Balaban J connectivity index is 1.43. The van der Waals surface area contributed by atoms with E-state index in [-0.39, 0.29) is 42.2 Å². The van der Waals surface area contributed by atoms with Gasteiger partial charge in [0.05, 0.1) is 7.11 Å². The minimum Gasteiger partial charge on any atom is -0.467 e. The van der Waals surface area contributed by atoms with Gasteiger partial charge in [-0.1, -0.05) is 19.4 Å². The molecule has 49 heavy (non-hydrogen) atoms. The number of ether oxygens (including phenoxy) is 6. The van der Waals surface area contributed by atoms with Crippen molar-refractivity contribution in [2.24, 2.45) is 28.6 Å². The zero-order valence-electron chi connectivity index (χ0n) is 29.0. The zero-order chi connectivity index (χ0) is 36.3. The lowest BCUT2D eigenvalue weighted by atomic mass is 9.46. The summed E-state index contributed by atoms with van der Waals surface area (Å²) >= 11 is 0. The molecule has 14 heteroatoms. The molecule has 14 nitrogen and oxygen atoms in total. The lowest BCUT2D eigenvalue weighted by Gasteiger charge is -2.57. The van der Waals surface area contributed by atoms with Gasteiger partial charge in [0.15, 0.2) is 36.0 Å². The van der Waals surface area contributed by atoms with Crippen LogP contribution < -0.4 is 0 Å². The maximum Gasteiger partial charge on any atom is 0.339 e. The molecular weight excluding hydrogens is 644 g/mol. The van der Waals surface area contributed by atoms with Gasteiger partial charge in [-0.3, -0.25) is 28.8 Å². The van der Waals surface area contributed by atoms with E-state index in [9.17, 15) is 38.7 Å². The Bertz CT molecular complexity index is 1480. The molecule has 1 aliphatic heterocycles. The van der Waals surface area contributed by atoms with E-state index >= 15 is 0 Å². The van der Waals surface area contributed by atoms with Crippen LogP contribution in [0.3, 0.4) is 0 Å². The summed E-state index contributed by atoms with van der Waals surface area (Å²) in [6, 6.07) is 0. The van der Waals surface area contributed by atoms with Gasteiger partial charge < -0.3 is 33.5 Å². The van der Waals surface area contributed by atoms with Crippen molar-refractivity contribution in [1.82, 2.24) is 0 Å². The molecule has 5 rings (SSSR count). The first-order chi connectivity index (χ1) is 22.8. The van der Waals surface area contributed by atoms with E-state index in [2.05, 4.69) is 6.92 Å². The van der Waals surface area contributed by atoms with Gasteiger partial charge in [0.1, 0.15) is 18.0 Å². The number of aliphatic hydroxyl groups is 1. The Labute approximate surface area is 284 Å². The number of Topliss-reactive ketones (excluding diaryl/α,β-unsaturated/α-hetero) is 2. The van der Waals surface area contributed by atoms with Crippen LogP contribution >= 0.6 is 0 Å². The van der Waals surface area contributed by atoms with E-state index in [1.807, 2.05) is 0 Å². The summed E-state index contributed by atoms with van der Waals surface area (Å²) in [5, 5.41) is 12.2. The molecule has 1 heterocycles. The predicted octanol–water partition coefficient (Wildman–Crippen LogP) is 2.10. The second-order valence-electron chi connectivity index (χ2n) is 14.8. The average molecular weight is 691 g/mol. The quantitative estimate of drug-likeness (QED) is 0.287. The van der Waals surface area contributed by atoms with E-state index in [0.29, 0.717) is 32.1 Å². The minimum absolute atomic E-state index is 0.0370. The molecule has 1 saturated heterocycles. The molecule has 0 spiro atoms. The van der Waals surface area contributed by atoms with Crippen molar-refractivity contribution in [3.63, 3.8) is 0 Å². The molecule has 1 N–H and O–H groups in total. The maximum atomic E-state index is 14.1. The summed E-state index contributed by atoms with van der Waals surface area (Å²) in [5.41, 5.74) is -2.53. The molecule has 4 fully saturated rings. The normalized spacial score (nSPS) is 41.3. The van der Waals surface area contributed by atoms with Gasteiger partial charge in [0, 0.05) is 44.9 Å². The molecule has 5 aliphatic rings. The van der Waals surface area contributed by atoms with Crippen LogP contribution in [0, 0.1) is 28.6 Å². The number of allylic oxidation sites excluding steroid dienone is 1. The van der Waals surface area contributed by atoms with Crippen LogP contribution in [0.4, 0.5) is 0 Å². The molecule has 11 atom stereocenters. The summed E-state index contributed by atoms with van der Waals surface area (Å²) in [7, 11) is 1.05. The monoisotopic (exact) mass is 690 g/mol. The van der Waals surface area contributed by atoms with Crippen LogP contribution in [0.1, 0.15) is 86.5 Å². The molecule has 0 aromatic heterocycles. The van der Waals surface area contributed by atoms with Gasteiger partial charge in [-0.2, -0.15) is 0 Å². The number of carbonyl (C=O) groups is 7. The topological polar surface area (TPSA) is 195 Å². The number of esters is 4. The number of rotatable bonds is 8. The molecule has 3 saturated carbocycles. The Morgan fingerprint density at radius 1 is 0.898 bits per heavy atom. The lowest BCUT2D eigenvalue weighted by Crippen LogP contribution is -2.69. The first-order valence-corrected chi connectivity index (χ1v) is 16.7. The van der Waals surface area contributed by atoms with Gasteiger partial charge in [-0.05, 0) is 62.4 Å². The predicted molar refractivity (Wildman–Crippen MR) is 165 cm³/mol. The summed E-state index contributed by atoms with van der Waals surface area (Å²) in [6.45, 7) is 7.45. The SMILES string of the molecule is COC(=O)C1OC(C)(OCC(=O)C2(O)CCC3C4CCC5=CC(=O)CCC5(C)C4C(=O)CC32C)C(OC(C)=O)C(OC(C)=O)C1OC(C)=O. The Morgan fingerprint density at radius 2 is 1.53 bits per heavy atom. The summed E-state index contributed by atoms with van der Waals surface area (Å²) in [6.07, 6.45) is -2.11. The second-order valence-corrected chi connectivity index (χ2v) is 14.8. The molecule has 0 radical (unpaired) electrons. The van der Waals surface area contributed by atoms with E-state index < -0.39 is 82.9 Å². The van der Waals surface area contributed by atoms with Crippen molar-refractivity contribution in [3.05, 3.63) is 11.6 Å². The average Bonchev–Trinajstić information content (AvgIpc) is 3.28. The molecule has 0 bridgehead atoms. The number of hydrogen-bond donors (Lipinski definition) is 1. The zero-order valence-corrected chi connectivity index (χ0v) is 29.0. The first-order valence-electron chi connectivity index (χ1n) is 16.7. The van der Waals surface area contributed by atoms with Crippen LogP contribution in [0.25, 0.3) is 0 Å². The Morgan fingerprint density at radius 3 is 2.14 bits per heavy atom. The van der Waals surface area contributed by atoms with E-state index in [1.54, 1.807) is 13.0 Å². The van der Waals surface area contributed by atoms with Crippen LogP contribution in [0.2, 0.25) is 0 Å². The highest BCUT2D eigenvalue weighted by atomic mass is 16.8. The van der Waals surface area contributed by atoms with Gasteiger partial charge in [0.25, 0.3) is 0 Å². The minimum atomic E-state index is -2.17. The standard InChI is InChI=1S/C35H46O14/c1-17(36)46-27-28(47-18(2)37)30(48-19(3)38)34(6,49-29(27)31(42)44-7)45-16-25(41)35(43)13-11-23-22-9-8-20-14-21(39)10-12-32(20,4)26(22)24(40)15-33(23,35)5/h14,22-23,26-30,43H,8-13,15-16H2,1-7H3. The van der Waals surface area contributed by atoms with Gasteiger partial charge >= 0.3 is 23.9 Å². The summed E-state index contributed by atoms with van der Waals surface area (Å²) in [5.74, 6) is -7.08. The van der Waals surface area contributed by atoms with Crippen molar-refractivity contribution in [1.29, 1.82) is 0 Å². The van der Waals surface area contributed by atoms with E-state index in [1.165, 1.54) is 6.92 Å². The fourth-order valence-corrected chi connectivity index (χ4v) is 9.61.